The fourth-order valence-electron chi connectivity index (χ4n) is 3.64. The lowest BCUT2D eigenvalue weighted by atomic mass is 10.0. The van der Waals surface area contributed by atoms with E-state index < -0.39 is 11.7 Å². The van der Waals surface area contributed by atoms with Crippen molar-refractivity contribution in [3.63, 3.8) is 0 Å². The number of anilines is 1. The summed E-state index contributed by atoms with van der Waals surface area (Å²) in [6.45, 7) is 3.27. The van der Waals surface area contributed by atoms with Crippen molar-refractivity contribution in [1.29, 1.82) is 0 Å². The Morgan fingerprint density at radius 1 is 1.07 bits per heavy atom. The third-order valence-corrected chi connectivity index (χ3v) is 5.01. The van der Waals surface area contributed by atoms with Crippen LogP contribution in [0.2, 0.25) is 0 Å². The van der Waals surface area contributed by atoms with Gasteiger partial charge in [0.15, 0.2) is 0 Å². The van der Waals surface area contributed by atoms with Gasteiger partial charge in [-0.05, 0) is 50.5 Å². The lowest BCUT2D eigenvalue weighted by Crippen LogP contribution is -2.08. The molecule has 0 aliphatic carbocycles. The van der Waals surface area contributed by atoms with E-state index in [2.05, 4.69) is 5.32 Å². The lowest BCUT2D eigenvalue weighted by molar-refractivity contribution is -0.137. The second kappa shape index (κ2) is 7.81. The summed E-state index contributed by atoms with van der Waals surface area (Å²) in [4.78, 5) is 0. The summed E-state index contributed by atoms with van der Waals surface area (Å²) in [5.74, 6) is 1.59. The third-order valence-electron chi connectivity index (χ3n) is 5.01. The van der Waals surface area contributed by atoms with Crippen LogP contribution in [0, 0.1) is 0 Å². The SMILES string of the molecule is CCOc1ccccc1-n1nc(-c2ccc(C(F)(F)F)cc2)c2c1NCCCC2. The minimum absolute atomic E-state index is 0.527. The summed E-state index contributed by atoms with van der Waals surface area (Å²) >= 11 is 0. The molecular weight excluding hydrogens is 379 g/mol. The number of hydrogen-bond acceptors (Lipinski definition) is 3. The average molecular weight is 401 g/mol. The van der Waals surface area contributed by atoms with E-state index in [9.17, 15) is 13.2 Å². The first-order chi connectivity index (χ1) is 14.0. The van der Waals surface area contributed by atoms with Crippen LogP contribution < -0.4 is 10.1 Å². The molecule has 7 heteroatoms. The molecule has 0 amide bonds. The van der Waals surface area contributed by atoms with Gasteiger partial charge in [-0.25, -0.2) is 4.68 Å². The summed E-state index contributed by atoms with van der Waals surface area (Å²) in [5, 5.41) is 8.25. The van der Waals surface area contributed by atoms with Crippen molar-refractivity contribution in [1.82, 2.24) is 9.78 Å². The number of ether oxygens (including phenoxy) is 1. The van der Waals surface area contributed by atoms with E-state index in [4.69, 9.17) is 9.84 Å². The first-order valence-corrected chi connectivity index (χ1v) is 9.74. The van der Waals surface area contributed by atoms with Crippen molar-refractivity contribution in [2.24, 2.45) is 0 Å². The summed E-state index contributed by atoms with van der Waals surface area (Å²) in [7, 11) is 0. The van der Waals surface area contributed by atoms with E-state index in [0.29, 0.717) is 23.6 Å². The molecule has 3 aromatic rings. The Hall–Kier alpha value is -2.96. The zero-order valence-corrected chi connectivity index (χ0v) is 16.1. The Morgan fingerprint density at radius 3 is 2.55 bits per heavy atom. The van der Waals surface area contributed by atoms with Crippen molar-refractivity contribution in [2.45, 2.75) is 32.4 Å². The van der Waals surface area contributed by atoms with Gasteiger partial charge in [-0.3, -0.25) is 0 Å². The normalized spacial score (nSPS) is 14.1. The molecule has 0 saturated carbocycles. The topological polar surface area (TPSA) is 39.1 Å². The number of rotatable bonds is 4. The Labute approximate surface area is 167 Å². The molecule has 2 heterocycles. The molecule has 2 aromatic carbocycles. The summed E-state index contributed by atoms with van der Waals surface area (Å²) in [5.41, 5.74) is 2.54. The van der Waals surface area contributed by atoms with E-state index in [1.807, 2.05) is 35.9 Å². The van der Waals surface area contributed by atoms with Crippen molar-refractivity contribution >= 4 is 5.82 Å². The van der Waals surface area contributed by atoms with Crippen molar-refractivity contribution in [3.8, 4) is 22.7 Å². The molecule has 0 saturated heterocycles. The quantitative estimate of drug-likeness (QED) is 0.609. The highest BCUT2D eigenvalue weighted by molar-refractivity contribution is 5.72. The van der Waals surface area contributed by atoms with Gasteiger partial charge in [-0.15, -0.1) is 0 Å². The number of alkyl halides is 3. The smallest absolute Gasteiger partial charge is 0.416 e. The molecular formula is C22H22F3N3O. The molecule has 1 aromatic heterocycles. The number of nitrogens with zero attached hydrogens (tertiary/aromatic N) is 2. The molecule has 1 N–H and O–H groups in total. The average Bonchev–Trinajstić information content (AvgIpc) is 2.89. The van der Waals surface area contributed by atoms with Gasteiger partial charge in [0, 0.05) is 17.7 Å². The molecule has 152 valence electrons. The first-order valence-electron chi connectivity index (χ1n) is 9.74. The number of halogens is 3. The van der Waals surface area contributed by atoms with Gasteiger partial charge in [-0.2, -0.15) is 18.3 Å². The zero-order valence-electron chi connectivity index (χ0n) is 16.1. The maximum Gasteiger partial charge on any atom is 0.416 e. The van der Waals surface area contributed by atoms with Gasteiger partial charge < -0.3 is 10.1 Å². The largest absolute Gasteiger partial charge is 0.492 e. The Bertz CT molecular complexity index is 994. The minimum atomic E-state index is -4.35. The van der Waals surface area contributed by atoms with Crippen LogP contribution in [0.15, 0.2) is 48.5 Å². The van der Waals surface area contributed by atoms with Crippen LogP contribution in [-0.2, 0) is 12.6 Å². The van der Waals surface area contributed by atoms with E-state index >= 15 is 0 Å². The first kappa shape index (κ1) is 19.4. The fraction of sp³-hybridized carbons (Fsp3) is 0.318. The van der Waals surface area contributed by atoms with E-state index in [1.54, 1.807) is 0 Å². The van der Waals surface area contributed by atoms with Gasteiger partial charge in [0.2, 0.25) is 0 Å². The summed E-state index contributed by atoms with van der Waals surface area (Å²) in [6, 6.07) is 12.9. The van der Waals surface area contributed by atoms with Gasteiger partial charge in [0.25, 0.3) is 0 Å². The molecule has 0 bridgehead atoms. The van der Waals surface area contributed by atoms with Crippen molar-refractivity contribution < 1.29 is 17.9 Å². The molecule has 0 atom stereocenters. The molecule has 0 spiro atoms. The maximum absolute atomic E-state index is 12.9. The summed E-state index contributed by atoms with van der Waals surface area (Å²) in [6.07, 6.45) is -1.52. The predicted octanol–water partition coefficient (Wildman–Crippen LogP) is 5.71. The van der Waals surface area contributed by atoms with Gasteiger partial charge in [-0.1, -0.05) is 24.3 Å². The lowest BCUT2D eigenvalue weighted by Gasteiger charge is -2.13. The highest BCUT2D eigenvalue weighted by Crippen LogP contribution is 2.37. The second-order valence-electron chi connectivity index (χ2n) is 6.95. The van der Waals surface area contributed by atoms with Crippen molar-refractivity contribution in [3.05, 3.63) is 59.7 Å². The standard InChI is InChI=1S/C22H22F3N3O/c1-2-29-19-9-4-3-8-18(19)28-21-17(7-5-6-14-26-21)20(27-28)15-10-12-16(13-11-15)22(23,24)25/h3-4,8-13,26H,2,5-7,14H2,1H3. The number of nitrogens with one attached hydrogen (secondary N) is 1. The number of aromatic nitrogens is 2. The minimum Gasteiger partial charge on any atom is -0.492 e. The van der Waals surface area contributed by atoms with E-state index in [0.717, 1.165) is 55.0 Å². The zero-order chi connectivity index (χ0) is 20.4. The van der Waals surface area contributed by atoms with Gasteiger partial charge in [0.05, 0.1) is 17.9 Å². The molecule has 0 unspecified atom stereocenters. The number of para-hydroxylation sites is 2. The van der Waals surface area contributed by atoms with Crippen LogP contribution in [0.5, 0.6) is 5.75 Å². The Balaban J connectivity index is 1.84. The Kier molecular flexibility index (Phi) is 5.22. The molecule has 1 aliphatic rings. The molecule has 29 heavy (non-hydrogen) atoms. The van der Waals surface area contributed by atoms with Crippen LogP contribution >= 0.6 is 0 Å². The second-order valence-corrected chi connectivity index (χ2v) is 6.95. The van der Waals surface area contributed by atoms with Crippen LogP contribution in [0.1, 0.15) is 30.9 Å². The predicted molar refractivity (Wildman–Crippen MR) is 107 cm³/mol. The van der Waals surface area contributed by atoms with Crippen LogP contribution in [0.3, 0.4) is 0 Å². The fourth-order valence-corrected chi connectivity index (χ4v) is 3.64. The monoisotopic (exact) mass is 401 g/mol. The number of fused-ring (bicyclic) bond motifs is 1. The van der Waals surface area contributed by atoms with E-state index in [1.165, 1.54) is 12.1 Å². The van der Waals surface area contributed by atoms with Gasteiger partial charge in [0.1, 0.15) is 17.3 Å². The molecule has 0 fully saturated rings. The maximum atomic E-state index is 12.9. The van der Waals surface area contributed by atoms with Crippen LogP contribution in [0.4, 0.5) is 19.0 Å². The van der Waals surface area contributed by atoms with Crippen molar-refractivity contribution in [2.75, 3.05) is 18.5 Å². The molecule has 0 radical (unpaired) electrons. The number of benzene rings is 2. The molecule has 4 nitrogen and oxygen atoms in total. The summed E-state index contributed by atoms with van der Waals surface area (Å²) < 4.78 is 46.4. The molecule has 1 aliphatic heterocycles. The molecule has 4 rings (SSSR count). The Morgan fingerprint density at radius 2 is 1.83 bits per heavy atom. The highest BCUT2D eigenvalue weighted by atomic mass is 19.4. The van der Waals surface area contributed by atoms with E-state index in [-0.39, 0.29) is 0 Å². The highest BCUT2D eigenvalue weighted by Gasteiger charge is 2.30. The van der Waals surface area contributed by atoms with Crippen LogP contribution in [0.25, 0.3) is 16.9 Å². The third kappa shape index (κ3) is 3.81. The number of hydrogen-bond donors (Lipinski definition) is 1. The van der Waals surface area contributed by atoms with Crippen LogP contribution in [-0.4, -0.2) is 22.9 Å². The van der Waals surface area contributed by atoms with Gasteiger partial charge >= 0.3 is 6.18 Å².